The van der Waals surface area contributed by atoms with Crippen LogP contribution in [0.15, 0.2) is 44.2 Å². The van der Waals surface area contributed by atoms with Crippen molar-refractivity contribution in [1.29, 1.82) is 0 Å². The molecule has 90 valence electrons. The van der Waals surface area contributed by atoms with Gasteiger partial charge >= 0.3 is 115 Å². The minimum absolute atomic E-state index is 0.00194. The second-order valence-corrected chi connectivity index (χ2v) is 7.25. The molecule has 0 saturated carbocycles. The SMILES string of the molecule is C1=CCCCC[C]([Ti][C]2=CC=CCCCC2)=C1. The fraction of sp³-hybridized carbons (Fsp3) is 0.500. The van der Waals surface area contributed by atoms with Gasteiger partial charge in [0.25, 0.3) is 0 Å². The van der Waals surface area contributed by atoms with Gasteiger partial charge in [0.05, 0.1) is 0 Å². The summed E-state index contributed by atoms with van der Waals surface area (Å²) in [6.07, 6.45) is 24.8. The van der Waals surface area contributed by atoms with Crippen LogP contribution in [0, 0.1) is 0 Å². The molecule has 0 aromatic heterocycles. The summed E-state index contributed by atoms with van der Waals surface area (Å²) in [4.78, 5) is 0. The first kappa shape index (κ1) is 13.1. The Morgan fingerprint density at radius 1 is 0.706 bits per heavy atom. The molecule has 0 fully saturated rings. The van der Waals surface area contributed by atoms with Crippen LogP contribution >= 0.6 is 0 Å². The van der Waals surface area contributed by atoms with E-state index in [-0.39, 0.29) is 19.2 Å². The third-order valence-corrected chi connectivity index (χ3v) is 5.63. The topological polar surface area (TPSA) is 0 Å². The molecular formula is C16H22Ti. The monoisotopic (exact) mass is 262 g/mol. The molecule has 0 amide bonds. The van der Waals surface area contributed by atoms with E-state index in [1.165, 1.54) is 51.4 Å². The van der Waals surface area contributed by atoms with E-state index >= 15 is 0 Å². The zero-order valence-electron chi connectivity index (χ0n) is 10.6. The second kappa shape index (κ2) is 7.90. The Bertz CT molecular complexity index is 311. The molecule has 0 nitrogen and oxygen atoms in total. The van der Waals surface area contributed by atoms with Crippen LogP contribution in [0.5, 0.6) is 0 Å². The first-order valence-electron chi connectivity index (χ1n) is 6.93. The van der Waals surface area contributed by atoms with E-state index in [1.54, 1.807) is 7.76 Å². The summed E-state index contributed by atoms with van der Waals surface area (Å²) in [6.45, 7) is 0. The molecule has 0 aromatic rings. The van der Waals surface area contributed by atoms with Crippen LogP contribution in [-0.2, 0) is 19.2 Å². The predicted octanol–water partition coefficient (Wildman–Crippen LogP) is 5.10. The van der Waals surface area contributed by atoms with Crippen molar-refractivity contribution in [1.82, 2.24) is 0 Å². The van der Waals surface area contributed by atoms with Crippen molar-refractivity contribution in [3.63, 3.8) is 0 Å². The molecule has 0 unspecified atom stereocenters. The molecule has 0 atom stereocenters. The van der Waals surface area contributed by atoms with Crippen molar-refractivity contribution in [3.05, 3.63) is 44.2 Å². The van der Waals surface area contributed by atoms with Gasteiger partial charge in [-0.2, -0.15) is 0 Å². The number of hydrogen-bond acceptors (Lipinski definition) is 0. The van der Waals surface area contributed by atoms with E-state index in [9.17, 15) is 0 Å². The Morgan fingerprint density at radius 2 is 1.24 bits per heavy atom. The summed E-state index contributed by atoms with van der Waals surface area (Å²) in [5, 5.41) is 0. The fourth-order valence-electron chi connectivity index (χ4n) is 2.30. The zero-order chi connectivity index (χ0) is 11.8. The van der Waals surface area contributed by atoms with E-state index in [4.69, 9.17) is 0 Å². The molecular weight excluding hydrogens is 240 g/mol. The molecule has 0 spiro atoms. The van der Waals surface area contributed by atoms with Gasteiger partial charge < -0.3 is 0 Å². The number of rotatable bonds is 2. The zero-order valence-corrected chi connectivity index (χ0v) is 12.2. The molecule has 2 aliphatic rings. The van der Waals surface area contributed by atoms with E-state index in [0.29, 0.717) is 0 Å². The number of hydrogen-bond donors (Lipinski definition) is 0. The minimum atomic E-state index is -0.00194. The van der Waals surface area contributed by atoms with Gasteiger partial charge in [0, 0.05) is 0 Å². The summed E-state index contributed by atoms with van der Waals surface area (Å²) >= 11 is -0.00194. The van der Waals surface area contributed by atoms with Crippen LogP contribution in [0.1, 0.15) is 51.4 Å². The molecule has 0 aliphatic heterocycles. The molecule has 0 heterocycles. The summed E-state index contributed by atoms with van der Waals surface area (Å²) < 4.78 is 3.50. The van der Waals surface area contributed by atoms with Gasteiger partial charge in [-0.15, -0.1) is 0 Å². The molecule has 2 rings (SSSR count). The van der Waals surface area contributed by atoms with Crippen molar-refractivity contribution >= 4 is 0 Å². The van der Waals surface area contributed by atoms with Crippen LogP contribution in [0.4, 0.5) is 0 Å². The summed E-state index contributed by atoms with van der Waals surface area (Å²) in [6, 6.07) is 0. The van der Waals surface area contributed by atoms with Crippen molar-refractivity contribution in [2.24, 2.45) is 0 Å². The van der Waals surface area contributed by atoms with E-state index in [1.807, 2.05) is 0 Å². The maximum absolute atomic E-state index is 2.41. The van der Waals surface area contributed by atoms with Gasteiger partial charge in [0.1, 0.15) is 0 Å². The van der Waals surface area contributed by atoms with E-state index in [2.05, 4.69) is 36.5 Å². The molecule has 2 aliphatic carbocycles. The number of allylic oxidation sites excluding steroid dienone is 8. The summed E-state index contributed by atoms with van der Waals surface area (Å²) in [5.74, 6) is 0. The van der Waals surface area contributed by atoms with Crippen molar-refractivity contribution < 1.29 is 19.2 Å². The van der Waals surface area contributed by atoms with Gasteiger partial charge in [-0.3, -0.25) is 0 Å². The van der Waals surface area contributed by atoms with Crippen molar-refractivity contribution in [2.75, 3.05) is 0 Å². The summed E-state index contributed by atoms with van der Waals surface area (Å²) in [5.41, 5.74) is 0. The van der Waals surface area contributed by atoms with Crippen molar-refractivity contribution in [3.8, 4) is 0 Å². The van der Waals surface area contributed by atoms with Crippen LogP contribution in [-0.4, -0.2) is 0 Å². The molecule has 0 aromatic carbocycles. The first-order chi connectivity index (χ1) is 8.45. The van der Waals surface area contributed by atoms with E-state index in [0.717, 1.165) is 0 Å². The molecule has 0 saturated heterocycles. The van der Waals surface area contributed by atoms with E-state index < -0.39 is 0 Å². The van der Waals surface area contributed by atoms with Crippen LogP contribution in [0.25, 0.3) is 0 Å². The normalized spacial score (nSPS) is 21.6. The standard InChI is InChI=1S/2C8H11.Ti/c2*1-2-4-6-8-7-5-3-1;/h2*1-3H,4,6-8H2;. The second-order valence-electron chi connectivity index (χ2n) is 4.86. The van der Waals surface area contributed by atoms with Gasteiger partial charge in [-0.05, 0) is 0 Å². The fourth-order valence-corrected chi connectivity index (χ4v) is 4.44. The average Bonchev–Trinajstić information content (AvgIpc) is 2.24. The van der Waals surface area contributed by atoms with Crippen molar-refractivity contribution in [2.45, 2.75) is 51.4 Å². The van der Waals surface area contributed by atoms with Gasteiger partial charge in [-0.1, -0.05) is 0 Å². The van der Waals surface area contributed by atoms with Gasteiger partial charge in [0.15, 0.2) is 0 Å². The molecule has 1 heteroatoms. The summed E-state index contributed by atoms with van der Waals surface area (Å²) in [7, 11) is 0. The predicted molar refractivity (Wildman–Crippen MR) is 71.4 cm³/mol. The first-order valence-corrected chi connectivity index (χ1v) is 8.50. The third-order valence-electron chi connectivity index (χ3n) is 3.32. The van der Waals surface area contributed by atoms with Crippen LogP contribution in [0.3, 0.4) is 0 Å². The maximum atomic E-state index is 2.41. The van der Waals surface area contributed by atoms with Crippen LogP contribution < -0.4 is 0 Å². The molecule has 0 radical (unpaired) electrons. The molecule has 17 heavy (non-hydrogen) atoms. The Balaban J connectivity index is 1.97. The molecule has 0 N–H and O–H groups in total. The Labute approximate surface area is 114 Å². The average molecular weight is 262 g/mol. The third kappa shape index (κ3) is 5.23. The Morgan fingerprint density at radius 3 is 1.76 bits per heavy atom. The van der Waals surface area contributed by atoms with Gasteiger partial charge in [-0.25, -0.2) is 0 Å². The quantitative estimate of drug-likeness (QED) is 0.607. The Kier molecular flexibility index (Phi) is 6.09. The Hall–Kier alpha value is -0.326. The molecule has 0 bridgehead atoms. The van der Waals surface area contributed by atoms with Crippen LogP contribution in [0.2, 0.25) is 0 Å². The van der Waals surface area contributed by atoms with Gasteiger partial charge in [0.2, 0.25) is 0 Å².